The molecule has 4 rings (SSSR count). The van der Waals surface area contributed by atoms with E-state index in [4.69, 9.17) is 18.9 Å². The van der Waals surface area contributed by atoms with Gasteiger partial charge in [0, 0.05) is 11.3 Å². The smallest absolute Gasteiger partial charge is 0.271 e. The summed E-state index contributed by atoms with van der Waals surface area (Å²) in [5.74, 6) is 1.12. The van der Waals surface area contributed by atoms with Gasteiger partial charge in [0.1, 0.15) is 6.61 Å². The zero-order valence-corrected chi connectivity index (χ0v) is 22.8. The summed E-state index contributed by atoms with van der Waals surface area (Å²) >= 11 is 0. The molecular formula is C32H31N3O6. The highest BCUT2D eigenvalue weighted by Crippen LogP contribution is 2.29. The Balaban J connectivity index is 1.34. The van der Waals surface area contributed by atoms with Crippen LogP contribution < -0.4 is 29.7 Å². The number of nitrogens with zero attached hydrogens (tertiary/aromatic N) is 1. The van der Waals surface area contributed by atoms with E-state index in [9.17, 15) is 9.59 Å². The first-order valence-corrected chi connectivity index (χ1v) is 13.0. The van der Waals surface area contributed by atoms with Crippen molar-refractivity contribution in [2.75, 3.05) is 25.6 Å². The molecule has 0 saturated carbocycles. The van der Waals surface area contributed by atoms with Crippen LogP contribution >= 0.6 is 0 Å². The van der Waals surface area contributed by atoms with Crippen LogP contribution in [0.25, 0.3) is 0 Å². The first kappa shape index (κ1) is 28.7. The molecule has 0 radical (unpaired) electrons. The highest BCUT2D eigenvalue weighted by molar-refractivity contribution is 5.95. The average molecular weight is 554 g/mol. The van der Waals surface area contributed by atoms with Crippen molar-refractivity contribution in [3.05, 3.63) is 114 Å². The zero-order chi connectivity index (χ0) is 28.9. The molecule has 0 unspecified atom stereocenters. The van der Waals surface area contributed by atoms with Crippen LogP contribution in [0.3, 0.4) is 0 Å². The summed E-state index contributed by atoms with van der Waals surface area (Å²) in [6.07, 6.45) is 1.49. The van der Waals surface area contributed by atoms with Gasteiger partial charge in [-0.2, -0.15) is 5.10 Å². The molecule has 210 valence electrons. The van der Waals surface area contributed by atoms with Crippen LogP contribution in [0.4, 0.5) is 5.69 Å². The Hall–Kier alpha value is -5.31. The van der Waals surface area contributed by atoms with E-state index in [-0.39, 0.29) is 12.5 Å². The second kappa shape index (κ2) is 14.7. The zero-order valence-electron chi connectivity index (χ0n) is 22.8. The molecule has 0 fully saturated rings. The van der Waals surface area contributed by atoms with Crippen molar-refractivity contribution in [2.45, 2.75) is 13.5 Å². The maximum atomic E-state index is 12.7. The largest absolute Gasteiger partial charge is 0.493 e. The third-order valence-electron chi connectivity index (χ3n) is 5.73. The lowest BCUT2D eigenvalue weighted by Crippen LogP contribution is -2.20. The van der Waals surface area contributed by atoms with Crippen LogP contribution in [0.5, 0.6) is 23.0 Å². The molecule has 9 heteroatoms. The minimum absolute atomic E-state index is 0.183. The number of hydrazone groups is 1. The van der Waals surface area contributed by atoms with Crippen molar-refractivity contribution in [1.82, 2.24) is 5.43 Å². The molecule has 0 saturated heterocycles. The van der Waals surface area contributed by atoms with Crippen LogP contribution in [-0.2, 0) is 11.4 Å². The van der Waals surface area contributed by atoms with Gasteiger partial charge in [-0.15, -0.1) is 0 Å². The second-order valence-electron chi connectivity index (χ2n) is 8.68. The van der Waals surface area contributed by atoms with Crippen LogP contribution in [-0.4, -0.2) is 38.4 Å². The number of para-hydroxylation sites is 1. The Labute approximate surface area is 238 Å². The number of carbonyl (C=O) groups is 2. The quantitative estimate of drug-likeness (QED) is 0.168. The molecule has 0 heterocycles. The number of amides is 2. The molecule has 0 aromatic heterocycles. The van der Waals surface area contributed by atoms with Gasteiger partial charge in [-0.3, -0.25) is 9.59 Å². The van der Waals surface area contributed by atoms with Crippen LogP contribution in [0.1, 0.15) is 28.4 Å². The monoisotopic (exact) mass is 553 g/mol. The molecule has 9 nitrogen and oxygen atoms in total. The van der Waals surface area contributed by atoms with E-state index in [1.165, 1.54) is 13.3 Å². The predicted molar refractivity (Wildman–Crippen MR) is 157 cm³/mol. The lowest BCUT2D eigenvalue weighted by molar-refractivity contribution is -0.118. The third-order valence-corrected chi connectivity index (χ3v) is 5.73. The van der Waals surface area contributed by atoms with Crippen LogP contribution in [0.2, 0.25) is 0 Å². The van der Waals surface area contributed by atoms with Gasteiger partial charge in [-0.1, -0.05) is 48.5 Å². The molecule has 0 spiro atoms. The fraction of sp³-hybridized carbons (Fsp3) is 0.156. The summed E-state index contributed by atoms with van der Waals surface area (Å²) in [4.78, 5) is 24.9. The van der Waals surface area contributed by atoms with Gasteiger partial charge in [0.15, 0.2) is 29.6 Å². The summed E-state index contributed by atoms with van der Waals surface area (Å²) in [5.41, 5.74) is 5.24. The standard InChI is InChI=1S/C32H31N3O6/c1-3-39-30-18-24(14-16-28(30)41-22-31(36)34-26-12-8-5-9-13-26)20-33-35-32(37)25-15-17-27(29(19-25)38-2)40-21-23-10-6-4-7-11-23/h4-20H,3,21-22H2,1-2H3,(H,34,36)(H,35,37)/b33-20+. The summed E-state index contributed by atoms with van der Waals surface area (Å²) in [7, 11) is 1.52. The van der Waals surface area contributed by atoms with Crippen molar-refractivity contribution in [1.29, 1.82) is 0 Å². The highest BCUT2D eigenvalue weighted by Gasteiger charge is 2.12. The topological polar surface area (TPSA) is 107 Å². The number of nitrogens with one attached hydrogen (secondary N) is 2. The number of hydrogen-bond acceptors (Lipinski definition) is 7. The van der Waals surface area contributed by atoms with Gasteiger partial charge >= 0.3 is 0 Å². The number of anilines is 1. The summed E-state index contributed by atoms with van der Waals surface area (Å²) in [6.45, 7) is 2.44. The SMILES string of the molecule is CCOc1cc(/C=N/NC(=O)c2ccc(OCc3ccccc3)c(OC)c2)ccc1OCC(=O)Nc1ccccc1. The van der Waals surface area contributed by atoms with Gasteiger partial charge in [-0.05, 0) is 66.6 Å². The van der Waals surface area contributed by atoms with Gasteiger partial charge in [0.05, 0.1) is 19.9 Å². The minimum Gasteiger partial charge on any atom is -0.493 e. The van der Waals surface area contributed by atoms with Gasteiger partial charge in [0.25, 0.3) is 11.8 Å². The third kappa shape index (κ3) is 8.59. The van der Waals surface area contributed by atoms with Crippen LogP contribution in [0.15, 0.2) is 102 Å². The van der Waals surface area contributed by atoms with E-state index in [0.29, 0.717) is 53.0 Å². The molecule has 0 aliphatic heterocycles. The molecular weight excluding hydrogens is 522 g/mol. The van der Waals surface area contributed by atoms with Crippen molar-refractivity contribution in [3.63, 3.8) is 0 Å². The van der Waals surface area contributed by atoms with E-state index in [1.54, 1.807) is 48.5 Å². The van der Waals surface area contributed by atoms with E-state index in [0.717, 1.165) is 5.56 Å². The normalized spacial score (nSPS) is 10.6. The molecule has 41 heavy (non-hydrogen) atoms. The lowest BCUT2D eigenvalue weighted by atomic mass is 10.2. The molecule has 0 aliphatic rings. The molecule has 4 aromatic rings. The Morgan fingerprint density at radius 3 is 2.22 bits per heavy atom. The molecule has 0 atom stereocenters. The van der Waals surface area contributed by atoms with Gasteiger partial charge in [0.2, 0.25) is 0 Å². The number of benzene rings is 4. The minimum atomic E-state index is -0.413. The molecule has 0 bridgehead atoms. The Bertz CT molecular complexity index is 1480. The summed E-state index contributed by atoms with van der Waals surface area (Å²) in [5, 5.41) is 6.84. The van der Waals surface area contributed by atoms with Crippen molar-refractivity contribution in [2.24, 2.45) is 5.10 Å². The van der Waals surface area contributed by atoms with Gasteiger partial charge < -0.3 is 24.3 Å². The number of hydrogen-bond donors (Lipinski definition) is 2. The molecule has 2 N–H and O–H groups in total. The Morgan fingerprint density at radius 2 is 1.49 bits per heavy atom. The Kier molecular flexibility index (Phi) is 10.3. The molecule has 0 aliphatic carbocycles. The second-order valence-corrected chi connectivity index (χ2v) is 8.68. The average Bonchev–Trinajstić information content (AvgIpc) is 3.00. The van der Waals surface area contributed by atoms with Crippen LogP contribution in [0, 0.1) is 0 Å². The molecule has 4 aromatic carbocycles. The maximum absolute atomic E-state index is 12.7. The first-order chi connectivity index (χ1) is 20.1. The number of rotatable bonds is 13. The van der Waals surface area contributed by atoms with E-state index < -0.39 is 5.91 Å². The van der Waals surface area contributed by atoms with E-state index >= 15 is 0 Å². The fourth-order valence-electron chi connectivity index (χ4n) is 3.75. The van der Waals surface area contributed by atoms with Crippen molar-refractivity contribution >= 4 is 23.7 Å². The first-order valence-electron chi connectivity index (χ1n) is 13.0. The number of ether oxygens (including phenoxy) is 4. The molecule has 2 amide bonds. The number of carbonyl (C=O) groups excluding carboxylic acids is 2. The lowest BCUT2D eigenvalue weighted by Gasteiger charge is -2.13. The Morgan fingerprint density at radius 1 is 0.780 bits per heavy atom. The predicted octanol–water partition coefficient (Wildman–Crippen LogP) is 5.45. The summed E-state index contributed by atoms with van der Waals surface area (Å²) in [6, 6.07) is 29.0. The van der Waals surface area contributed by atoms with Crippen molar-refractivity contribution < 1.29 is 28.5 Å². The maximum Gasteiger partial charge on any atom is 0.271 e. The highest BCUT2D eigenvalue weighted by atomic mass is 16.5. The summed E-state index contributed by atoms with van der Waals surface area (Å²) < 4.78 is 22.6. The van der Waals surface area contributed by atoms with E-state index in [2.05, 4.69) is 15.8 Å². The number of methoxy groups -OCH3 is 1. The van der Waals surface area contributed by atoms with Gasteiger partial charge in [-0.25, -0.2) is 5.43 Å². The fourth-order valence-corrected chi connectivity index (χ4v) is 3.75. The van der Waals surface area contributed by atoms with E-state index in [1.807, 2.05) is 55.5 Å². The van der Waals surface area contributed by atoms with Crippen molar-refractivity contribution in [3.8, 4) is 23.0 Å².